The minimum Gasteiger partial charge on any atom is -0.507 e. The van der Waals surface area contributed by atoms with Crippen LogP contribution in [0.4, 0.5) is 10.1 Å². The summed E-state index contributed by atoms with van der Waals surface area (Å²) >= 11 is 1.37. The maximum absolute atomic E-state index is 13.5. The molecule has 1 N–H and O–H groups in total. The summed E-state index contributed by atoms with van der Waals surface area (Å²) in [6, 6.07) is 11.1. The van der Waals surface area contributed by atoms with Crippen LogP contribution in [0.1, 0.15) is 22.0 Å². The minimum atomic E-state index is -0.868. The second kappa shape index (κ2) is 8.47. The van der Waals surface area contributed by atoms with E-state index < -0.39 is 23.5 Å². The van der Waals surface area contributed by atoms with E-state index in [1.807, 2.05) is 18.4 Å². The van der Waals surface area contributed by atoms with E-state index in [4.69, 9.17) is 9.47 Å². The number of nitrogens with zero attached hydrogens (tertiary/aromatic N) is 1. The summed E-state index contributed by atoms with van der Waals surface area (Å²) in [6.07, 6.45) is 0. The van der Waals surface area contributed by atoms with Crippen molar-refractivity contribution in [2.24, 2.45) is 0 Å². The van der Waals surface area contributed by atoms with E-state index in [0.717, 1.165) is 10.4 Å². The number of Topliss-reactive ketones (excluding diaryl/α,β-unsaturated/α-hetero) is 1. The van der Waals surface area contributed by atoms with Crippen molar-refractivity contribution in [3.8, 4) is 11.5 Å². The Hall–Kier alpha value is -3.65. The summed E-state index contributed by atoms with van der Waals surface area (Å²) < 4.78 is 24.1. The lowest BCUT2D eigenvalue weighted by atomic mass is 9.97. The number of rotatable bonds is 5. The van der Waals surface area contributed by atoms with Crippen molar-refractivity contribution in [2.75, 3.05) is 19.1 Å². The molecule has 2 aromatic carbocycles. The van der Waals surface area contributed by atoms with Crippen LogP contribution in [-0.2, 0) is 9.59 Å². The molecule has 1 aliphatic heterocycles. The van der Waals surface area contributed by atoms with E-state index in [1.54, 1.807) is 18.2 Å². The third kappa shape index (κ3) is 3.52. The lowest BCUT2D eigenvalue weighted by Crippen LogP contribution is -2.29. The van der Waals surface area contributed by atoms with Crippen LogP contribution in [0.3, 0.4) is 0 Å². The minimum absolute atomic E-state index is 0.0617. The molecule has 1 atom stereocenters. The molecule has 3 aromatic rings. The molecule has 1 fully saturated rings. The fourth-order valence-corrected chi connectivity index (χ4v) is 4.78. The first-order valence-electron chi connectivity index (χ1n) is 9.70. The molecule has 0 spiro atoms. The van der Waals surface area contributed by atoms with Crippen LogP contribution in [0.25, 0.3) is 5.76 Å². The summed E-state index contributed by atoms with van der Waals surface area (Å²) in [5, 5.41) is 13.1. The number of ketones is 1. The number of amides is 1. The fraction of sp³-hybridized carbons (Fsp3) is 0.167. The quantitative estimate of drug-likeness (QED) is 0.340. The zero-order valence-corrected chi connectivity index (χ0v) is 18.4. The Kier molecular flexibility index (Phi) is 5.71. The van der Waals surface area contributed by atoms with Gasteiger partial charge in [0.2, 0.25) is 0 Å². The molecule has 0 aliphatic carbocycles. The summed E-state index contributed by atoms with van der Waals surface area (Å²) in [5.41, 5.74) is 1.41. The summed E-state index contributed by atoms with van der Waals surface area (Å²) in [7, 11) is 2.94. The van der Waals surface area contributed by atoms with Crippen LogP contribution >= 0.6 is 11.3 Å². The largest absolute Gasteiger partial charge is 0.507 e. The van der Waals surface area contributed by atoms with Gasteiger partial charge in [-0.05, 0) is 60.3 Å². The molecule has 164 valence electrons. The number of ether oxygens (including phenoxy) is 2. The van der Waals surface area contributed by atoms with Gasteiger partial charge in [-0.3, -0.25) is 14.5 Å². The van der Waals surface area contributed by atoms with E-state index in [9.17, 15) is 19.1 Å². The summed E-state index contributed by atoms with van der Waals surface area (Å²) in [4.78, 5) is 28.3. The Morgan fingerprint density at radius 2 is 1.78 bits per heavy atom. The van der Waals surface area contributed by atoms with Gasteiger partial charge >= 0.3 is 0 Å². The summed E-state index contributed by atoms with van der Waals surface area (Å²) in [5.74, 6) is -1.65. The van der Waals surface area contributed by atoms with Gasteiger partial charge in [0.15, 0.2) is 0 Å². The SMILES string of the molecule is COc1ccc(/C(O)=C2\C(=O)C(=O)N(c3ccc(F)cc3)C2c2sccc2C)c(OC)c1. The Morgan fingerprint density at radius 3 is 2.38 bits per heavy atom. The molecular formula is C24H20FNO5S. The van der Waals surface area contributed by atoms with Crippen LogP contribution in [0.2, 0.25) is 0 Å². The number of methoxy groups -OCH3 is 2. The number of benzene rings is 2. The van der Waals surface area contributed by atoms with Crippen LogP contribution in [0.5, 0.6) is 11.5 Å². The second-order valence-corrected chi connectivity index (χ2v) is 8.13. The highest BCUT2D eigenvalue weighted by atomic mass is 32.1. The smallest absolute Gasteiger partial charge is 0.300 e. The van der Waals surface area contributed by atoms with E-state index in [2.05, 4.69) is 0 Å². The molecule has 6 nitrogen and oxygen atoms in total. The highest BCUT2D eigenvalue weighted by Crippen LogP contribution is 2.45. The number of carbonyl (C=O) groups excluding carboxylic acids is 2. The van der Waals surface area contributed by atoms with E-state index in [-0.39, 0.29) is 22.6 Å². The van der Waals surface area contributed by atoms with Crippen molar-refractivity contribution < 1.29 is 28.6 Å². The fourth-order valence-electron chi connectivity index (χ4n) is 3.75. The first-order chi connectivity index (χ1) is 15.4. The van der Waals surface area contributed by atoms with Crippen LogP contribution < -0.4 is 14.4 Å². The number of halogens is 1. The first-order valence-corrected chi connectivity index (χ1v) is 10.6. The zero-order chi connectivity index (χ0) is 23.0. The number of aryl methyl sites for hydroxylation is 1. The number of carbonyl (C=O) groups is 2. The molecule has 0 bridgehead atoms. The monoisotopic (exact) mass is 453 g/mol. The number of aliphatic hydroxyl groups excluding tert-OH is 1. The molecule has 1 saturated heterocycles. The molecular weight excluding hydrogens is 433 g/mol. The molecule has 32 heavy (non-hydrogen) atoms. The number of hydrogen-bond donors (Lipinski definition) is 1. The maximum Gasteiger partial charge on any atom is 0.300 e. The van der Waals surface area contributed by atoms with Gasteiger partial charge in [0, 0.05) is 16.6 Å². The topological polar surface area (TPSA) is 76.1 Å². The van der Waals surface area contributed by atoms with Gasteiger partial charge in [0.25, 0.3) is 11.7 Å². The number of thiophene rings is 1. The second-order valence-electron chi connectivity index (χ2n) is 7.18. The van der Waals surface area contributed by atoms with Gasteiger partial charge < -0.3 is 14.6 Å². The Bertz CT molecular complexity index is 1230. The molecule has 1 unspecified atom stereocenters. The third-order valence-electron chi connectivity index (χ3n) is 5.36. The van der Waals surface area contributed by atoms with Crippen molar-refractivity contribution in [1.29, 1.82) is 0 Å². The first kappa shape index (κ1) is 21.6. The predicted octanol–water partition coefficient (Wildman–Crippen LogP) is 4.84. The van der Waals surface area contributed by atoms with E-state index >= 15 is 0 Å². The highest BCUT2D eigenvalue weighted by molar-refractivity contribution is 7.10. The Morgan fingerprint density at radius 1 is 1.06 bits per heavy atom. The number of aliphatic hydroxyl groups is 1. The van der Waals surface area contributed by atoms with Crippen molar-refractivity contribution in [3.63, 3.8) is 0 Å². The van der Waals surface area contributed by atoms with E-state index in [1.165, 1.54) is 54.7 Å². The number of hydrogen-bond acceptors (Lipinski definition) is 6. The zero-order valence-electron chi connectivity index (χ0n) is 17.6. The lowest BCUT2D eigenvalue weighted by Gasteiger charge is -2.25. The van der Waals surface area contributed by atoms with Gasteiger partial charge in [-0.15, -0.1) is 11.3 Å². The molecule has 0 saturated carbocycles. The highest BCUT2D eigenvalue weighted by Gasteiger charge is 2.48. The van der Waals surface area contributed by atoms with E-state index in [0.29, 0.717) is 11.4 Å². The van der Waals surface area contributed by atoms with Crippen LogP contribution in [0.15, 0.2) is 59.5 Å². The molecule has 4 rings (SSSR count). The maximum atomic E-state index is 13.5. The predicted molar refractivity (Wildman–Crippen MR) is 120 cm³/mol. The molecule has 1 aliphatic rings. The van der Waals surface area contributed by atoms with Crippen molar-refractivity contribution in [2.45, 2.75) is 13.0 Å². The number of anilines is 1. The molecule has 8 heteroatoms. The average molecular weight is 453 g/mol. The van der Waals surface area contributed by atoms with Gasteiger partial charge in [-0.25, -0.2) is 4.39 Å². The van der Waals surface area contributed by atoms with Crippen molar-refractivity contribution in [1.82, 2.24) is 0 Å². The summed E-state index contributed by atoms with van der Waals surface area (Å²) in [6.45, 7) is 1.87. The van der Waals surface area contributed by atoms with Gasteiger partial charge in [0.1, 0.15) is 29.1 Å². The lowest BCUT2D eigenvalue weighted by molar-refractivity contribution is -0.132. The third-order valence-corrected chi connectivity index (χ3v) is 6.43. The van der Waals surface area contributed by atoms with Crippen molar-refractivity contribution >= 4 is 34.5 Å². The van der Waals surface area contributed by atoms with Gasteiger partial charge in [-0.2, -0.15) is 0 Å². The standard InChI is InChI=1S/C24H20FNO5S/c1-13-10-11-32-23(13)20-19(21(27)17-9-8-16(30-2)12-18(17)31-3)22(28)24(29)26(20)15-6-4-14(25)5-7-15/h4-12,20,27H,1-3H3/b21-19+. The van der Waals surface area contributed by atoms with Crippen LogP contribution in [0, 0.1) is 12.7 Å². The van der Waals surface area contributed by atoms with Gasteiger partial charge in [-0.1, -0.05) is 0 Å². The Labute approximate surface area is 188 Å². The molecule has 1 amide bonds. The van der Waals surface area contributed by atoms with Gasteiger partial charge in [0.05, 0.1) is 25.4 Å². The van der Waals surface area contributed by atoms with Crippen LogP contribution in [-0.4, -0.2) is 31.0 Å². The molecule has 2 heterocycles. The average Bonchev–Trinajstić information content (AvgIpc) is 3.33. The Balaban J connectivity index is 1.96. The molecule has 0 radical (unpaired) electrons. The van der Waals surface area contributed by atoms with Crippen molar-refractivity contribution in [3.05, 3.63) is 81.3 Å². The normalized spacial score (nSPS) is 17.6. The molecule has 1 aromatic heterocycles.